The first-order chi connectivity index (χ1) is 9.67. The number of benzene rings is 2. The third kappa shape index (κ3) is 4.64. The topological polar surface area (TPSA) is 38.0 Å². The van der Waals surface area contributed by atoms with E-state index in [4.69, 9.17) is 17.4 Å². The van der Waals surface area contributed by atoms with Gasteiger partial charge in [0.15, 0.2) is 0 Å². The highest BCUT2D eigenvalue weighted by Crippen LogP contribution is 2.13. The van der Waals surface area contributed by atoms with Crippen molar-refractivity contribution >= 4 is 11.6 Å². The van der Waals surface area contributed by atoms with Crippen LogP contribution < -0.4 is 11.3 Å². The fourth-order valence-corrected chi connectivity index (χ4v) is 2.37. The molecule has 0 spiro atoms. The van der Waals surface area contributed by atoms with E-state index in [1.54, 1.807) is 0 Å². The number of hydrogen-bond donors (Lipinski definition) is 2. The van der Waals surface area contributed by atoms with Crippen LogP contribution in [0.1, 0.15) is 23.1 Å². The van der Waals surface area contributed by atoms with Crippen molar-refractivity contribution in [1.29, 1.82) is 0 Å². The second-order valence-electron chi connectivity index (χ2n) is 5.22. The molecule has 0 amide bonds. The average molecular weight is 289 g/mol. The van der Waals surface area contributed by atoms with Crippen molar-refractivity contribution in [3.05, 3.63) is 70.2 Å². The molecule has 1 atom stereocenters. The van der Waals surface area contributed by atoms with E-state index in [0.717, 1.165) is 24.3 Å². The van der Waals surface area contributed by atoms with Crippen molar-refractivity contribution in [3.63, 3.8) is 0 Å². The van der Waals surface area contributed by atoms with E-state index in [1.165, 1.54) is 16.7 Å². The Bertz CT molecular complexity index is 520. The van der Waals surface area contributed by atoms with Crippen LogP contribution in [0.15, 0.2) is 48.5 Å². The summed E-state index contributed by atoms with van der Waals surface area (Å²) in [7, 11) is 0. The molecule has 2 nitrogen and oxygen atoms in total. The van der Waals surface area contributed by atoms with E-state index >= 15 is 0 Å². The van der Waals surface area contributed by atoms with Crippen molar-refractivity contribution in [3.8, 4) is 0 Å². The summed E-state index contributed by atoms with van der Waals surface area (Å²) in [5.74, 6) is 5.66. The summed E-state index contributed by atoms with van der Waals surface area (Å²) in [4.78, 5) is 0. The number of rotatable bonds is 6. The fraction of sp³-hybridized carbons (Fsp3) is 0.294. The SMILES string of the molecule is Cc1ccc(CCC(Cc2ccc(Cl)cc2)NN)cc1. The van der Waals surface area contributed by atoms with Gasteiger partial charge in [-0.3, -0.25) is 11.3 Å². The van der Waals surface area contributed by atoms with Gasteiger partial charge in [-0.1, -0.05) is 53.6 Å². The molecule has 0 bridgehead atoms. The maximum atomic E-state index is 5.90. The van der Waals surface area contributed by atoms with Gasteiger partial charge < -0.3 is 0 Å². The first kappa shape index (κ1) is 15.0. The molecule has 3 heteroatoms. The van der Waals surface area contributed by atoms with E-state index in [-0.39, 0.29) is 6.04 Å². The lowest BCUT2D eigenvalue weighted by molar-refractivity contribution is 0.491. The van der Waals surface area contributed by atoms with Gasteiger partial charge in [0.1, 0.15) is 0 Å². The van der Waals surface area contributed by atoms with Crippen molar-refractivity contribution in [2.75, 3.05) is 0 Å². The number of nitrogens with two attached hydrogens (primary N) is 1. The molecule has 0 saturated heterocycles. The maximum absolute atomic E-state index is 5.90. The molecule has 0 radical (unpaired) electrons. The van der Waals surface area contributed by atoms with E-state index in [1.807, 2.05) is 12.1 Å². The molecule has 0 aromatic heterocycles. The molecule has 0 aliphatic rings. The zero-order valence-electron chi connectivity index (χ0n) is 11.8. The monoisotopic (exact) mass is 288 g/mol. The summed E-state index contributed by atoms with van der Waals surface area (Å²) in [6.07, 6.45) is 2.96. The van der Waals surface area contributed by atoms with E-state index in [0.29, 0.717) is 0 Å². The van der Waals surface area contributed by atoms with Gasteiger partial charge in [-0.25, -0.2) is 0 Å². The van der Waals surface area contributed by atoms with Crippen LogP contribution in [0.25, 0.3) is 0 Å². The lowest BCUT2D eigenvalue weighted by Crippen LogP contribution is -2.37. The Morgan fingerprint density at radius 1 is 1.00 bits per heavy atom. The largest absolute Gasteiger partial charge is 0.271 e. The van der Waals surface area contributed by atoms with Crippen molar-refractivity contribution < 1.29 is 0 Å². The van der Waals surface area contributed by atoms with Crippen LogP contribution in [-0.4, -0.2) is 6.04 Å². The summed E-state index contributed by atoms with van der Waals surface area (Å²) >= 11 is 5.90. The Hall–Kier alpha value is -1.35. The van der Waals surface area contributed by atoms with E-state index in [9.17, 15) is 0 Å². The number of halogens is 1. The summed E-state index contributed by atoms with van der Waals surface area (Å²) in [6.45, 7) is 2.11. The van der Waals surface area contributed by atoms with Gasteiger partial charge in [0.05, 0.1) is 0 Å². The number of aryl methyl sites for hydroxylation is 2. The molecule has 3 N–H and O–H groups in total. The zero-order valence-corrected chi connectivity index (χ0v) is 12.5. The molecule has 2 aromatic carbocycles. The highest BCUT2D eigenvalue weighted by atomic mass is 35.5. The second-order valence-corrected chi connectivity index (χ2v) is 5.65. The van der Waals surface area contributed by atoms with Crippen LogP contribution in [0.3, 0.4) is 0 Å². The van der Waals surface area contributed by atoms with Gasteiger partial charge in [-0.15, -0.1) is 0 Å². The standard InChI is InChI=1S/C17H21ClN2/c1-13-2-4-14(5-3-13)8-11-17(20-19)12-15-6-9-16(18)10-7-15/h2-7,9-10,17,20H,8,11-12,19H2,1H3. The Morgan fingerprint density at radius 2 is 1.60 bits per heavy atom. The van der Waals surface area contributed by atoms with Gasteiger partial charge in [-0.05, 0) is 49.4 Å². The minimum atomic E-state index is 0.275. The molecule has 0 saturated carbocycles. The second kappa shape index (κ2) is 7.44. The summed E-state index contributed by atoms with van der Waals surface area (Å²) in [5, 5.41) is 0.769. The summed E-state index contributed by atoms with van der Waals surface area (Å²) < 4.78 is 0. The molecule has 0 aliphatic carbocycles. The van der Waals surface area contributed by atoms with Crippen LogP contribution in [0, 0.1) is 6.92 Å². The molecule has 106 valence electrons. The molecule has 2 rings (SSSR count). The highest BCUT2D eigenvalue weighted by molar-refractivity contribution is 6.30. The van der Waals surface area contributed by atoms with Crippen LogP contribution in [-0.2, 0) is 12.8 Å². The molecular formula is C17H21ClN2. The van der Waals surface area contributed by atoms with E-state index in [2.05, 4.69) is 48.7 Å². The minimum Gasteiger partial charge on any atom is -0.271 e. The third-order valence-electron chi connectivity index (χ3n) is 3.53. The number of hydrogen-bond acceptors (Lipinski definition) is 2. The van der Waals surface area contributed by atoms with Crippen LogP contribution in [0.2, 0.25) is 5.02 Å². The average Bonchev–Trinajstić information content (AvgIpc) is 2.47. The van der Waals surface area contributed by atoms with Crippen molar-refractivity contribution in [2.45, 2.75) is 32.2 Å². The fourth-order valence-electron chi connectivity index (χ4n) is 2.24. The van der Waals surface area contributed by atoms with Crippen molar-refractivity contribution in [2.24, 2.45) is 5.84 Å². The number of nitrogens with one attached hydrogen (secondary N) is 1. The molecule has 0 aliphatic heterocycles. The molecular weight excluding hydrogens is 268 g/mol. The predicted molar refractivity (Wildman–Crippen MR) is 85.8 cm³/mol. The maximum Gasteiger partial charge on any atom is 0.0406 e. The van der Waals surface area contributed by atoms with Gasteiger partial charge >= 0.3 is 0 Å². The summed E-state index contributed by atoms with van der Waals surface area (Å²) in [5.41, 5.74) is 6.81. The van der Waals surface area contributed by atoms with Crippen LogP contribution in [0.4, 0.5) is 0 Å². The van der Waals surface area contributed by atoms with E-state index < -0.39 is 0 Å². The van der Waals surface area contributed by atoms with Gasteiger partial charge in [0, 0.05) is 11.1 Å². The van der Waals surface area contributed by atoms with Crippen LogP contribution in [0.5, 0.6) is 0 Å². The molecule has 20 heavy (non-hydrogen) atoms. The minimum absolute atomic E-state index is 0.275. The predicted octanol–water partition coefficient (Wildman–Crippen LogP) is 3.66. The van der Waals surface area contributed by atoms with Gasteiger partial charge in [-0.2, -0.15) is 0 Å². The lowest BCUT2D eigenvalue weighted by Gasteiger charge is -2.16. The third-order valence-corrected chi connectivity index (χ3v) is 3.79. The Morgan fingerprint density at radius 3 is 2.20 bits per heavy atom. The molecule has 0 fully saturated rings. The molecule has 0 heterocycles. The number of hydrazine groups is 1. The molecule has 1 unspecified atom stereocenters. The Balaban J connectivity index is 1.88. The normalized spacial score (nSPS) is 12.3. The Labute approximate surface area is 125 Å². The first-order valence-electron chi connectivity index (χ1n) is 6.93. The van der Waals surface area contributed by atoms with Gasteiger partial charge in [0.25, 0.3) is 0 Å². The Kier molecular flexibility index (Phi) is 5.60. The quantitative estimate of drug-likeness (QED) is 0.629. The lowest BCUT2D eigenvalue weighted by atomic mass is 9.99. The van der Waals surface area contributed by atoms with Gasteiger partial charge in [0.2, 0.25) is 0 Å². The smallest absolute Gasteiger partial charge is 0.0406 e. The zero-order chi connectivity index (χ0) is 14.4. The van der Waals surface area contributed by atoms with Crippen molar-refractivity contribution in [1.82, 2.24) is 5.43 Å². The molecule has 2 aromatic rings. The van der Waals surface area contributed by atoms with Crippen LogP contribution >= 0.6 is 11.6 Å². The first-order valence-corrected chi connectivity index (χ1v) is 7.31. The highest BCUT2D eigenvalue weighted by Gasteiger charge is 2.08. The summed E-state index contributed by atoms with van der Waals surface area (Å²) in [6, 6.07) is 16.9.